The second-order valence-electron chi connectivity index (χ2n) is 6.55. The molecule has 5 nitrogen and oxygen atoms in total. The van der Waals surface area contributed by atoms with Gasteiger partial charge in [-0.2, -0.15) is 0 Å². The summed E-state index contributed by atoms with van der Waals surface area (Å²) >= 11 is 13.5. The molecule has 1 N–H and O–H groups in total. The highest BCUT2D eigenvalue weighted by molar-refractivity contribution is 7.15. The second kappa shape index (κ2) is 9.51. The number of carbonyl (C=O) groups is 2. The first-order valence-electron chi connectivity index (χ1n) is 8.95. The summed E-state index contributed by atoms with van der Waals surface area (Å²) in [5.74, 6) is -0.377. The lowest BCUT2D eigenvalue weighted by atomic mass is 10.0. The van der Waals surface area contributed by atoms with Crippen LogP contribution in [0.2, 0.25) is 10.0 Å². The maximum absolute atomic E-state index is 12.4. The lowest BCUT2D eigenvalue weighted by molar-refractivity contribution is -0.118. The summed E-state index contributed by atoms with van der Waals surface area (Å²) in [6.07, 6.45) is 0. The number of hydrogen-bond acceptors (Lipinski definition) is 5. The van der Waals surface area contributed by atoms with Crippen molar-refractivity contribution in [3.63, 3.8) is 0 Å². The molecule has 0 unspecified atom stereocenters. The largest absolute Gasteiger partial charge is 0.484 e. The van der Waals surface area contributed by atoms with Crippen LogP contribution in [0.15, 0.2) is 41.8 Å². The molecule has 3 aromatic rings. The third-order valence-electron chi connectivity index (χ3n) is 4.50. The molecule has 0 saturated heterocycles. The van der Waals surface area contributed by atoms with Crippen LogP contribution in [0.3, 0.4) is 0 Å². The lowest BCUT2D eigenvalue weighted by Crippen LogP contribution is -2.21. The van der Waals surface area contributed by atoms with Gasteiger partial charge in [-0.1, -0.05) is 35.3 Å². The number of hydrogen-bond donors (Lipinski definition) is 1. The summed E-state index contributed by atoms with van der Waals surface area (Å²) in [4.78, 5) is 24.9. The van der Waals surface area contributed by atoms with Crippen LogP contribution in [0, 0.1) is 13.8 Å². The van der Waals surface area contributed by atoms with Gasteiger partial charge in [-0.15, -0.1) is 11.3 Å². The van der Waals surface area contributed by atoms with E-state index in [-0.39, 0.29) is 12.2 Å². The number of carbonyl (C=O) groups excluding carboxylic acids is 2. The number of rotatable bonds is 6. The topological polar surface area (TPSA) is 64.6 Å². The standard InChI is InChI=1S/C22H19Cl2NO4S/c1-12-4-6-15(8-13(12)2)29-10-19(26)25-21-20(22(27)28-3)17(11-30-21)16-7-5-14(23)9-18(16)24/h4-9,11H,10H2,1-3H3,(H,25,26). The van der Waals surface area contributed by atoms with Crippen LogP contribution in [-0.2, 0) is 9.53 Å². The Morgan fingerprint density at radius 1 is 1.03 bits per heavy atom. The van der Waals surface area contributed by atoms with E-state index in [9.17, 15) is 9.59 Å². The first-order valence-corrected chi connectivity index (χ1v) is 10.6. The van der Waals surface area contributed by atoms with Crippen molar-refractivity contribution in [3.05, 3.63) is 68.5 Å². The van der Waals surface area contributed by atoms with Gasteiger partial charge in [0.2, 0.25) is 0 Å². The Bertz CT molecular complexity index is 1110. The van der Waals surface area contributed by atoms with E-state index in [4.69, 9.17) is 32.7 Å². The molecule has 1 aromatic heterocycles. The molecule has 2 aromatic carbocycles. The number of ether oxygens (including phenoxy) is 2. The summed E-state index contributed by atoms with van der Waals surface area (Å²) in [5, 5.41) is 5.70. The van der Waals surface area contributed by atoms with Gasteiger partial charge in [0.25, 0.3) is 5.91 Å². The summed E-state index contributed by atoms with van der Waals surface area (Å²) < 4.78 is 10.5. The van der Waals surface area contributed by atoms with Crippen LogP contribution in [0.5, 0.6) is 5.75 Å². The molecule has 0 fully saturated rings. The SMILES string of the molecule is COC(=O)c1c(-c2ccc(Cl)cc2Cl)csc1NC(=O)COc1ccc(C)c(C)c1. The van der Waals surface area contributed by atoms with Crippen molar-refractivity contribution in [1.82, 2.24) is 0 Å². The lowest BCUT2D eigenvalue weighted by Gasteiger charge is -2.10. The third kappa shape index (κ3) is 4.95. The van der Waals surface area contributed by atoms with Crippen LogP contribution in [0.25, 0.3) is 11.1 Å². The van der Waals surface area contributed by atoms with Gasteiger partial charge in [-0.05, 0) is 49.2 Å². The van der Waals surface area contributed by atoms with Crippen molar-refractivity contribution in [2.24, 2.45) is 0 Å². The fourth-order valence-electron chi connectivity index (χ4n) is 2.78. The highest BCUT2D eigenvalue weighted by Gasteiger charge is 2.23. The number of anilines is 1. The number of nitrogens with one attached hydrogen (secondary N) is 1. The van der Waals surface area contributed by atoms with Crippen LogP contribution in [0.4, 0.5) is 5.00 Å². The van der Waals surface area contributed by atoms with Gasteiger partial charge in [0.1, 0.15) is 16.3 Å². The summed E-state index contributed by atoms with van der Waals surface area (Å²) in [6.45, 7) is 3.78. The number of aryl methyl sites for hydroxylation is 2. The van der Waals surface area contributed by atoms with Crippen molar-refractivity contribution >= 4 is 51.4 Å². The molecule has 0 aliphatic carbocycles. The highest BCUT2D eigenvalue weighted by Crippen LogP contribution is 2.39. The van der Waals surface area contributed by atoms with Crippen LogP contribution < -0.4 is 10.1 Å². The number of amides is 1. The summed E-state index contributed by atoms with van der Waals surface area (Å²) in [7, 11) is 1.28. The van der Waals surface area contributed by atoms with Gasteiger partial charge in [0, 0.05) is 26.6 Å². The van der Waals surface area contributed by atoms with Gasteiger partial charge in [-0.3, -0.25) is 4.79 Å². The van der Waals surface area contributed by atoms with Crippen molar-refractivity contribution in [2.45, 2.75) is 13.8 Å². The molecule has 0 aliphatic rings. The van der Waals surface area contributed by atoms with E-state index in [0.29, 0.717) is 31.9 Å². The van der Waals surface area contributed by atoms with Gasteiger partial charge >= 0.3 is 5.97 Å². The second-order valence-corrected chi connectivity index (χ2v) is 8.28. The molecule has 0 spiro atoms. The Morgan fingerprint density at radius 3 is 2.47 bits per heavy atom. The molecule has 30 heavy (non-hydrogen) atoms. The maximum atomic E-state index is 12.4. The molecule has 0 saturated carbocycles. The molecule has 0 atom stereocenters. The minimum atomic E-state index is -0.581. The average molecular weight is 464 g/mol. The maximum Gasteiger partial charge on any atom is 0.341 e. The van der Waals surface area contributed by atoms with E-state index in [2.05, 4.69) is 5.32 Å². The zero-order valence-electron chi connectivity index (χ0n) is 16.5. The molecular formula is C22H19Cl2NO4S. The van der Waals surface area contributed by atoms with Crippen LogP contribution in [0.1, 0.15) is 21.5 Å². The number of methoxy groups -OCH3 is 1. The van der Waals surface area contributed by atoms with Gasteiger partial charge in [-0.25, -0.2) is 4.79 Å². The molecule has 1 amide bonds. The molecular weight excluding hydrogens is 445 g/mol. The Hall–Kier alpha value is -2.54. The smallest absolute Gasteiger partial charge is 0.341 e. The molecule has 8 heteroatoms. The fourth-order valence-corrected chi connectivity index (χ4v) is 4.25. The highest BCUT2D eigenvalue weighted by atomic mass is 35.5. The number of thiophene rings is 1. The molecule has 3 rings (SSSR count). The van der Waals surface area contributed by atoms with Crippen molar-refractivity contribution in [1.29, 1.82) is 0 Å². The predicted molar refractivity (Wildman–Crippen MR) is 121 cm³/mol. The van der Waals surface area contributed by atoms with Gasteiger partial charge < -0.3 is 14.8 Å². The fraction of sp³-hybridized carbons (Fsp3) is 0.182. The van der Waals surface area contributed by atoms with E-state index >= 15 is 0 Å². The van der Waals surface area contributed by atoms with Gasteiger partial charge in [0.15, 0.2) is 6.61 Å². The van der Waals surface area contributed by atoms with Crippen molar-refractivity contribution < 1.29 is 19.1 Å². The average Bonchev–Trinajstić information content (AvgIpc) is 3.11. The zero-order valence-corrected chi connectivity index (χ0v) is 18.9. The normalized spacial score (nSPS) is 10.6. The number of halogens is 2. The number of esters is 1. The first-order chi connectivity index (χ1) is 14.3. The Labute approximate surface area is 188 Å². The molecule has 0 radical (unpaired) electrons. The molecule has 1 heterocycles. The monoisotopic (exact) mass is 463 g/mol. The Morgan fingerprint density at radius 2 is 1.80 bits per heavy atom. The van der Waals surface area contributed by atoms with Crippen LogP contribution >= 0.6 is 34.5 Å². The quantitative estimate of drug-likeness (QED) is 0.445. The summed E-state index contributed by atoms with van der Waals surface area (Å²) in [6, 6.07) is 10.6. The van der Waals surface area contributed by atoms with E-state index in [1.807, 2.05) is 26.0 Å². The minimum Gasteiger partial charge on any atom is -0.484 e. The molecule has 0 bridgehead atoms. The first kappa shape index (κ1) is 22.2. The van der Waals surface area contributed by atoms with E-state index < -0.39 is 11.9 Å². The Balaban J connectivity index is 1.81. The number of benzene rings is 2. The van der Waals surface area contributed by atoms with E-state index in [0.717, 1.165) is 11.1 Å². The van der Waals surface area contributed by atoms with E-state index in [1.165, 1.54) is 18.4 Å². The molecule has 156 valence electrons. The van der Waals surface area contributed by atoms with Crippen LogP contribution in [-0.4, -0.2) is 25.6 Å². The third-order valence-corrected chi connectivity index (χ3v) is 5.95. The van der Waals surface area contributed by atoms with E-state index in [1.54, 1.807) is 29.6 Å². The predicted octanol–water partition coefficient (Wildman–Crippen LogP) is 6.14. The molecule has 0 aliphatic heterocycles. The van der Waals surface area contributed by atoms with Crippen molar-refractivity contribution in [3.8, 4) is 16.9 Å². The summed E-state index contributed by atoms with van der Waals surface area (Å²) in [5.41, 5.74) is 3.61. The minimum absolute atomic E-state index is 0.196. The van der Waals surface area contributed by atoms with Gasteiger partial charge in [0.05, 0.1) is 7.11 Å². The van der Waals surface area contributed by atoms with Crippen molar-refractivity contribution in [2.75, 3.05) is 19.0 Å². The Kier molecular flexibility index (Phi) is 7.02. The zero-order chi connectivity index (χ0) is 21.8.